The molecule has 25 heavy (non-hydrogen) atoms. The van der Waals surface area contributed by atoms with Gasteiger partial charge in [0.2, 0.25) is 0 Å². The molecule has 1 aliphatic heterocycles. The van der Waals surface area contributed by atoms with E-state index in [-0.39, 0.29) is 6.61 Å². The monoisotopic (exact) mass is 334 g/mol. The summed E-state index contributed by atoms with van der Waals surface area (Å²) in [5.74, 6) is 0.385. The van der Waals surface area contributed by atoms with Gasteiger partial charge >= 0.3 is 0 Å². The third-order valence-electron chi connectivity index (χ3n) is 4.10. The number of hydrogen-bond acceptors (Lipinski definition) is 4. The summed E-state index contributed by atoms with van der Waals surface area (Å²) in [5.41, 5.74) is 1.72. The van der Waals surface area contributed by atoms with Gasteiger partial charge in [0.25, 0.3) is 5.79 Å². The van der Waals surface area contributed by atoms with Crippen molar-refractivity contribution in [1.82, 2.24) is 0 Å². The van der Waals surface area contributed by atoms with E-state index < -0.39 is 5.79 Å². The zero-order chi connectivity index (χ0) is 17.1. The highest BCUT2D eigenvalue weighted by Gasteiger charge is 2.37. The lowest BCUT2D eigenvalue weighted by atomic mass is 10.1. The van der Waals surface area contributed by atoms with Crippen molar-refractivity contribution in [2.24, 2.45) is 0 Å². The van der Waals surface area contributed by atoms with Crippen molar-refractivity contribution in [3.05, 3.63) is 90.0 Å². The first-order chi connectivity index (χ1) is 12.2. The van der Waals surface area contributed by atoms with E-state index in [1.807, 2.05) is 60.7 Å². The molecule has 0 aromatic heterocycles. The van der Waals surface area contributed by atoms with Crippen LogP contribution in [0.15, 0.2) is 78.9 Å². The Kier molecular flexibility index (Phi) is 4.04. The first-order valence-electron chi connectivity index (χ1n) is 8.13. The molecular weight excluding hydrogens is 316 g/mol. The van der Waals surface area contributed by atoms with Gasteiger partial charge in [0.05, 0.1) is 0 Å². The molecule has 1 unspecified atom stereocenters. The third kappa shape index (κ3) is 3.30. The highest BCUT2D eigenvalue weighted by molar-refractivity contribution is 5.42. The first-order valence-corrected chi connectivity index (χ1v) is 8.13. The van der Waals surface area contributed by atoms with Gasteiger partial charge in [0.15, 0.2) is 18.1 Å². The van der Waals surface area contributed by atoms with Crippen molar-refractivity contribution in [3.8, 4) is 17.2 Å². The van der Waals surface area contributed by atoms with Crippen LogP contribution in [0, 0.1) is 0 Å². The Balaban J connectivity index is 1.47. The summed E-state index contributed by atoms with van der Waals surface area (Å²) in [4.78, 5) is 0. The molecule has 0 aliphatic carbocycles. The number of benzene rings is 3. The zero-order valence-electron chi connectivity index (χ0n) is 13.6. The van der Waals surface area contributed by atoms with Crippen molar-refractivity contribution in [2.75, 3.05) is 6.61 Å². The van der Waals surface area contributed by atoms with Crippen LogP contribution in [0.5, 0.6) is 17.2 Å². The normalized spacial score (nSPS) is 18.6. The lowest BCUT2D eigenvalue weighted by Crippen LogP contribution is -2.41. The van der Waals surface area contributed by atoms with Crippen molar-refractivity contribution >= 4 is 0 Å². The van der Waals surface area contributed by atoms with Crippen molar-refractivity contribution in [2.45, 2.75) is 12.4 Å². The van der Waals surface area contributed by atoms with Gasteiger partial charge in [-0.2, -0.15) is 0 Å². The van der Waals surface area contributed by atoms with Crippen LogP contribution >= 0.6 is 0 Å². The molecule has 0 saturated heterocycles. The van der Waals surface area contributed by atoms with E-state index in [0.717, 1.165) is 11.3 Å². The Morgan fingerprint density at radius 1 is 0.840 bits per heavy atom. The smallest absolute Gasteiger partial charge is 0.269 e. The van der Waals surface area contributed by atoms with Crippen molar-refractivity contribution in [1.29, 1.82) is 0 Å². The molecule has 3 aromatic carbocycles. The second-order valence-electron chi connectivity index (χ2n) is 5.92. The Labute approximate surface area is 146 Å². The Morgan fingerprint density at radius 3 is 2.28 bits per heavy atom. The molecular formula is C21H18O4. The topological polar surface area (TPSA) is 47.9 Å². The van der Waals surface area contributed by atoms with Gasteiger partial charge in [0.1, 0.15) is 12.4 Å². The van der Waals surface area contributed by atoms with E-state index in [1.165, 1.54) is 0 Å². The van der Waals surface area contributed by atoms with Gasteiger partial charge in [0, 0.05) is 5.56 Å². The lowest BCUT2D eigenvalue weighted by Gasteiger charge is -2.34. The summed E-state index contributed by atoms with van der Waals surface area (Å²) >= 11 is 0. The van der Waals surface area contributed by atoms with Gasteiger partial charge in [-0.25, -0.2) is 0 Å². The molecule has 1 N–H and O–H groups in total. The van der Waals surface area contributed by atoms with Crippen molar-refractivity contribution < 1.29 is 19.3 Å². The van der Waals surface area contributed by atoms with Gasteiger partial charge in [-0.3, -0.25) is 0 Å². The molecule has 0 amide bonds. The predicted molar refractivity (Wildman–Crippen MR) is 93.7 cm³/mol. The lowest BCUT2D eigenvalue weighted by molar-refractivity contribution is -0.182. The van der Waals surface area contributed by atoms with Crippen LogP contribution in [0.4, 0.5) is 0 Å². The highest BCUT2D eigenvalue weighted by atomic mass is 16.7. The Hall–Kier alpha value is -2.98. The third-order valence-corrected chi connectivity index (χ3v) is 4.10. The van der Waals surface area contributed by atoms with E-state index in [2.05, 4.69) is 0 Å². The maximum absolute atomic E-state index is 10.8. The molecule has 0 spiro atoms. The number of hydrogen-bond donors (Lipinski definition) is 1. The zero-order valence-corrected chi connectivity index (χ0v) is 13.6. The average molecular weight is 334 g/mol. The summed E-state index contributed by atoms with van der Waals surface area (Å²) in [6.45, 7) is 0.533. The molecule has 1 aliphatic rings. The standard InChI is InChI=1S/C21H18O4/c22-21(15-24-19-8-4-5-9-20(19)25-21)17-10-12-18(13-11-17)23-14-16-6-2-1-3-7-16/h1-13,22H,14-15H2. The predicted octanol–water partition coefficient (Wildman–Crippen LogP) is 3.88. The molecule has 4 rings (SSSR count). The number of ether oxygens (including phenoxy) is 3. The second kappa shape index (κ2) is 6.49. The number of aliphatic hydroxyl groups is 1. The fourth-order valence-corrected chi connectivity index (χ4v) is 2.74. The summed E-state index contributed by atoms with van der Waals surface area (Å²) in [6, 6.07) is 24.5. The summed E-state index contributed by atoms with van der Waals surface area (Å²) in [5, 5.41) is 10.8. The van der Waals surface area contributed by atoms with Gasteiger partial charge in [-0.1, -0.05) is 42.5 Å². The van der Waals surface area contributed by atoms with Gasteiger partial charge < -0.3 is 19.3 Å². The van der Waals surface area contributed by atoms with Crippen LogP contribution in [0.2, 0.25) is 0 Å². The van der Waals surface area contributed by atoms with E-state index >= 15 is 0 Å². The number of rotatable bonds is 4. The number of fused-ring (bicyclic) bond motifs is 1. The largest absolute Gasteiger partial charge is 0.489 e. The van der Waals surface area contributed by atoms with Crippen LogP contribution in [-0.4, -0.2) is 11.7 Å². The minimum Gasteiger partial charge on any atom is -0.489 e. The first kappa shape index (κ1) is 15.5. The minimum atomic E-state index is -1.51. The molecule has 4 heteroatoms. The van der Waals surface area contributed by atoms with Crippen LogP contribution in [-0.2, 0) is 12.4 Å². The highest BCUT2D eigenvalue weighted by Crippen LogP contribution is 2.38. The molecule has 4 nitrogen and oxygen atoms in total. The van der Waals surface area contributed by atoms with E-state index in [0.29, 0.717) is 23.7 Å². The quantitative estimate of drug-likeness (QED) is 0.786. The Bertz CT molecular complexity index is 845. The molecule has 0 saturated carbocycles. The molecule has 0 fully saturated rings. The van der Waals surface area contributed by atoms with Gasteiger partial charge in [-0.15, -0.1) is 0 Å². The van der Waals surface area contributed by atoms with Crippen molar-refractivity contribution in [3.63, 3.8) is 0 Å². The molecule has 0 radical (unpaired) electrons. The van der Waals surface area contributed by atoms with Gasteiger partial charge in [-0.05, 0) is 42.0 Å². The van der Waals surface area contributed by atoms with E-state index in [9.17, 15) is 5.11 Å². The van der Waals surface area contributed by atoms with Crippen LogP contribution in [0.25, 0.3) is 0 Å². The maximum atomic E-state index is 10.8. The molecule has 1 atom stereocenters. The fourth-order valence-electron chi connectivity index (χ4n) is 2.74. The van der Waals surface area contributed by atoms with Crippen LogP contribution in [0.3, 0.4) is 0 Å². The summed E-state index contributed by atoms with van der Waals surface area (Å²) in [6.07, 6.45) is 0. The Morgan fingerprint density at radius 2 is 1.52 bits per heavy atom. The number of para-hydroxylation sites is 2. The SMILES string of the molecule is OC1(c2ccc(OCc3ccccc3)cc2)COc2ccccc2O1. The van der Waals surface area contributed by atoms with Crippen LogP contribution < -0.4 is 14.2 Å². The van der Waals surface area contributed by atoms with E-state index in [1.54, 1.807) is 18.2 Å². The fraction of sp³-hybridized carbons (Fsp3) is 0.143. The maximum Gasteiger partial charge on any atom is 0.269 e. The van der Waals surface area contributed by atoms with Crippen LogP contribution in [0.1, 0.15) is 11.1 Å². The summed E-state index contributed by atoms with van der Waals surface area (Å²) in [7, 11) is 0. The second-order valence-corrected chi connectivity index (χ2v) is 5.92. The molecule has 0 bridgehead atoms. The average Bonchev–Trinajstić information content (AvgIpc) is 2.67. The minimum absolute atomic E-state index is 0.0359. The molecule has 3 aromatic rings. The molecule has 1 heterocycles. The molecule has 126 valence electrons. The summed E-state index contributed by atoms with van der Waals surface area (Å²) < 4.78 is 17.2. The van der Waals surface area contributed by atoms with E-state index in [4.69, 9.17) is 14.2 Å².